The quantitative estimate of drug-likeness (QED) is 0.543. The van der Waals surface area contributed by atoms with Crippen LogP contribution in [0.25, 0.3) is 11.5 Å². The molecule has 23 heavy (non-hydrogen) atoms. The van der Waals surface area contributed by atoms with E-state index in [1.54, 1.807) is 0 Å². The first-order valence-corrected chi connectivity index (χ1v) is 10.7. The van der Waals surface area contributed by atoms with Crippen molar-refractivity contribution in [1.82, 2.24) is 0 Å². The van der Waals surface area contributed by atoms with E-state index in [0.29, 0.717) is 5.76 Å². The minimum absolute atomic E-state index is 0.673. The van der Waals surface area contributed by atoms with Gasteiger partial charge in [0.05, 0.1) is 0 Å². The summed E-state index contributed by atoms with van der Waals surface area (Å²) in [5, 5.41) is 0. The Morgan fingerprint density at radius 3 is 2.39 bits per heavy atom. The molecule has 0 saturated carbocycles. The van der Waals surface area contributed by atoms with Crippen molar-refractivity contribution in [2.45, 2.75) is 26.4 Å². The van der Waals surface area contributed by atoms with Crippen LogP contribution in [0.4, 0.5) is 0 Å². The maximum Gasteiger partial charge on any atom is 0.454 e. The molecular weight excluding hydrogens is 300 g/mol. The van der Waals surface area contributed by atoms with Crippen LogP contribution in [0.3, 0.4) is 0 Å². The summed E-state index contributed by atoms with van der Waals surface area (Å²) in [6, 6.07) is 18.4. The van der Waals surface area contributed by atoms with E-state index in [4.69, 9.17) is 8.85 Å². The molecule has 3 rings (SSSR count). The van der Waals surface area contributed by atoms with Crippen LogP contribution >= 0.6 is 0 Å². The zero-order chi connectivity index (χ0) is 16.4. The predicted octanol–water partition coefficient (Wildman–Crippen LogP) is 5.38. The van der Waals surface area contributed by atoms with Crippen LogP contribution in [-0.4, -0.2) is 8.56 Å². The molecule has 0 aliphatic heterocycles. The average molecular weight is 322 g/mol. The van der Waals surface area contributed by atoms with Gasteiger partial charge in [0.1, 0.15) is 11.5 Å². The maximum atomic E-state index is 6.37. The normalized spacial score (nSPS) is 13.7. The lowest BCUT2D eigenvalue weighted by Crippen LogP contribution is -2.33. The van der Waals surface area contributed by atoms with Gasteiger partial charge in [-0.25, -0.2) is 0 Å². The van der Waals surface area contributed by atoms with E-state index in [1.807, 2.05) is 30.3 Å². The molecule has 0 N–H and O–H groups in total. The number of allylic oxidation sites excluding steroid dienone is 1. The first kappa shape index (κ1) is 15.6. The third-order valence-corrected chi connectivity index (χ3v) is 5.35. The van der Waals surface area contributed by atoms with E-state index in [0.717, 1.165) is 17.7 Å². The number of hydrogen-bond donors (Lipinski definition) is 0. The Hall–Kier alpha value is -2.26. The lowest BCUT2D eigenvalue weighted by atomic mass is 10.1. The van der Waals surface area contributed by atoms with Crippen molar-refractivity contribution < 1.29 is 8.85 Å². The smallest absolute Gasteiger partial charge is 0.454 e. The second kappa shape index (κ2) is 6.09. The first-order chi connectivity index (χ1) is 11.0. The molecule has 0 bridgehead atoms. The van der Waals surface area contributed by atoms with E-state index >= 15 is 0 Å². The molecule has 0 atom stereocenters. The van der Waals surface area contributed by atoms with Crippen molar-refractivity contribution >= 4 is 20.1 Å². The van der Waals surface area contributed by atoms with Gasteiger partial charge in [-0.3, -0.25) is 0 Å². The second-order valence-corrected chi connectivity index (χ2v) is 9.54. The summed E-state index contributed by atoms with van der Waals surface area (Å²) in [4.78, 5) is 0. The molecule has 0 saturated heterocycles. The zero-order valence-electron chi connectivity index (χ0n) is 13.9. The van der Waals surface area contributed by atoms with Crippen LogP contribution in [0.1, 0.15) is 23.6 Å². The van der Waals surface area contributed by atoms with Crippen molar-refractivity contribution in [3.05, 3.63) is 83.4 Å². The van der Waals surface area contributed by atoms with Gasteiger partial charge < -0.3 is 8.85 Å². The Kier molecular flexibility index (Phi) is 4.14. The molecule has 1 aliphatic carbocycles. The van der Waals surface area contributed by atoms with E-state index in [2.05, 4.69) is 50.9 Å². The lowest BCUT2D eigenvalue weighted by Gasteiger charge is -2.27. The second-order valence-electron chi connectivity index (χ2n) is 6.34. The van der Waals surface area contributed by atoms with Crippen molar-refractivity contribution in [2.75, 3.05) is 0 Å². The summed E-state index contributed by atoms with van der Waals surface area (Å²) in [5.74, 6) is 1.66. The van der Waals surface area contributed by atoms with E-state index in [-0.39, 0.29) is 0 Å². The molecule has 0 amide bonds. The minimum atomic E-state index is -2.38. The van der Waals surface area contributed by atoms with Gasteiger partial charge in [0.25, 0.3) is 0 Å². The SMILES string of the molecule is C=C(O[Si](C)(C)OC1=C(C)Cc2ccccc21)c1ccccc1. The standard InChI is InChI=1S/C20H22O2Si/c1-15-14-18-12-8-9-13-19(18)20(15)22-23(3,4)21-16(2)17-10-6-5-7-11-17/h5-13H,2,14H2,1,3-4H3. The molecule has 0 heterocycles. The molecule has 3 heteroatoms. The van der Waals surface area contributed by atoms with E-state index in [1.165, 1.54) is 16.7 Å². The molecule has 0 radical (unpaired) electrons. The van der Waals surface area contributed by atoms with Gasteiger partial charge in [0.15, 0.2) is 0 Å². The summed E-state index contributed by atoms with van der Waals surface area (Å²) in [5.41, 5.74) is 4.78. The number of hydrogen-bond acceptors (Lipinski definition) is 2. The highest BCUT2D eigenvalue weighted by molar-refractivity contribution is 6.66. The number of rotatable bonds is 5. The van der Waals surface area contributed by atoms with E-state index < -0.39 is 8.56 Å². The van der Waals surface area contributed by atoms with Crippen LogP contribution in [0, 0.1) is 0 Å². The topological polar surface area (TPSA) is 18.5 Å². The zero-order valence-corrected chi connectivity index (χ0v) is 14.9. The van der Waals surface area contributed by atoms with Crippen molar-refractivity contribution in [3.8, 4) is 0 Å². The van der Waals surface area contributed by atoms with Gasteiger partial charge in [-0.15, -0.1) is 0 Å². The molecule has 2 aromatic rings. The molecule has 0 aromatic heterocycles. The van der Waals surface area contributed by atoms with Gasteiger partial charge in [0.2, 0.25) is 0 Å². The third-order valence-electron chi connectivity index (χ3n) is 3.92. The van der Waals surface area contributed by atoms with Crippen LogP contribution in [-0.2, 0) is 15.3 Å². The summed E-state index contributed by atoms with van der Waals surface area (Å²) in [6.07, 6.45) is 0.954. The van der Waals surface area contributed by atoms with Crippen molar-refractivity contribution in [2.24, 2.45) is 0 Å². The summed E-state index contributed by atoms with van der Waals surface area (Å²) in [6.45, 7) is 10.3. The average Bonchev–Trinajstić information content (AvgIpc) is 2.83. The molecule has 1 aliphatic rings. The number of fused-ring (bicyclic) bond motifs is 1. The highest BCUT2D eigenvalue weighted by atomic mass is 28.4. The summed E-state index contributed by atoms with van der Waals surface area (Å²) >= 11 is 0. The molecule has 118 valence electrons. The van der Waals surface area contributed by atoms with Gasteiger partial charge in [0, 0.05) is 24.2 Å². The highest BCUT2D eigenvalue weighted by Crippen LogP contribution is 2.36. The van der Waals surface area contributed by atoms with Crippen LogP contribution in [0.5, 0.6) is 0 Å². The Balaban J connectivity index is 1.77. The van der Waals surface area contributed by atoms with Crippen molar-refractivity contribution in [3.63, 3.8) is 0 Å². The Bertz CT molecular complexity index is 760. The third kappa shape index (κ3) is 3.40. The minimum Gasteiger partial charge on any atom is -0.512 e. The van der Waals surface area contributed by atoms with Gasteiger partial charge in [-0.2, -0.15) is 0 Å². The maximum absolute atomic E-state index is 6.37. The molecule has 0 fully saturated rings. The molecule has 2 aromatic carbocycles. The fourth-order valence-electron chi connectivity index (χ4n) is 2.88. The van der Waals surface area contributed by atoms with Crippen molar-refractivity contribution in [1.29, 1.82) is 0 Å². The summed E-state index contributed by atoms with van der Waals surface area (Å²) < 4.78 is 12.5. The van der Waals surface area contributed by atoms with Crippen LogP contribution in [0.2, 0.25) is 13.1 Å². The fourth-order valence-corrected chi connectivity index (χ4v) is 4.41. The predicted molar refractivity (Wildman–Crippen MR) is 97.9 cm³/mol. The highest BCUT2D eigenvalue weighted by Gasteiger charge is 2.33. The van der Waals surface area contributed by atoms with Gasteiger partial charge >= 0.3 is 8.56 Å². The first-order valence-electron chi connectivity index (χ1n) is 7.87. The largest absolute Gasteiger partial charge is 0.512 e. The fraction of sp³-hybridized carbons (Fsp3) is 0.200. The monoisotopic (exact) mass is 322 g/mol. The van der Waals surface area contributed by atoms with Crippen LogP contribution in [0.15, 0.2) is 66.7 Å². The molecule has 2 nitrogen and oxygen atoms in total. The summed E-state index contributed by atoms with van der Waals surface area (Å²) in [7, 11) is -2.38. The molecule has 0 unspecified atom stereocenters. The Morgan fingerprint density at radius 1 is 1.00 bits per heavy atom. The molecular formula is C20H22O2Si. The number of benzene rings is 2. The van der Waals surface area contributed by atoms with Gasteiger partial charge in [-0.1, -0.05) is 61.2 Å². The van der Waals surface area contributed by atoms with E-state index in [9.17, 15) is 0 Å². The Labute approximate surface area is 139 Å². The molecule has 0 spiro atoms. The Morgan fingerprint density at radius 2 is 1.65 bits per heavy atom. The lowest BCUT2D eigenvalue weighted by molar-refractivity contribution is 0.353. The van der Waals surface area contributed by atoms with Crippen LogP contribution < -0.4 is 0 Å². The van der Waals surface area contributed by atoms with Gasteiger partial charge in [-0.05, 0) is 24.5 Å².